The number of halogens is 3. The molecule has 0 unspecified atom stereocenters. The predicted molar refractivity (Wildman–Crippen MR) is 141 cm³/mol. The zero-order valence-corrected chi connectivity index (χ0v) is 21.5. The van der Waals surface area contributed by atoms with E-state index in [-0.39, 0.29) is 15.7 Å². The third kappa shape index (κ3) is 6.25. The topological polar surface area (TPSA) is 100 Å². The number of carboxylic acids is 1. The second kappa shape index (κ2) is 11.2. The maximum atomic E-state index is 11.8. The Bertz CT molecular complexity index is 1320. The normalized spacial score (nSPS) is 11.1. The lowest BCUT2D eigenvalue weighted by Crippen LogP contribution is -2.25. The quantitative estimate of drug-likeness (QED) is 0.134. The highest BCUT2D eigenvalue weighted by Crippen LogP contribution is 2.41. The molecule has 7 nitrogen and oxygen atoms in total. The van der Waals surface area contributed by atoms with Crippen LogP contribution in [0.1, 0.15) is 29.8 Å². The molecule has 1 aromatic heterocycles. The number of ether oxygens (including phenoxy) is 1. The van der Waals surface area contributed by atoms with Gasteiger partial charge in [-0.25, -0.2) is 4.79 Å². The van der Waals surface area contributed by atoms with Gasteiger partial charge in [-0.1, -0.05) is 40.9 Å². The summed E-state index contributed by atoms with van der Waals surface area (Å²) >= 11 is 24.7. The summed E-state index contributed by atoms with van der Waals surface area (Å²) in [5, 5.41) is 19.0. The van der Waals surface area contributed by atoms with Crippen LogP contribution in [-0.2, 0) is 4.79 Å². The summed E-state index contributed by atoms with van der Waals surface area (Å²) < 4.78 is 5.48. The van der Waals surface area contributed by atoms with Gasteiger partial charge in [0.05, 0.1) is 36.8 Å². The molecule has 12 heteroatoms. The van der Waals surface area contributed by atoms with Gasteiger partial charge in [0.25, 0.3) is 0 Å². The summed E-state index contributed by atoms with van der Waals surface area (Å²) in [6, 6.07) is 9.47. The number of nitrogens with zero attached hydrogens (tertiary/aromatic N) is 1. The number of esters is 1. The van der Waals surface area contributed by atoms with Crippen LogP contribution < -0.4 is 15.5 Å². The molecule has 0 amide bonds. The van der Waals surface area contributed by atoms with Crippen molar-refractivity contribution in [3.05, 3.63) is 68.0 Å². The molecule has 3 N–H and O–H groups in total. The molecular weight excluding hydrogens is 541 g/mol. The molecule has 0 spiro atoms. The fraction of sp³-hybridized carbons (Fsp3) is 0.0909. The minimum Gasteiger partial charge on any atom is -0.478 e. The van der Waals surface area contributed by atoms with Crippen LogP contribution in [-0.4, -0.2) is 27.9 Å². The molecular formula is C22H16Cl3N3O4S2. The molecule has 0 aliphatic heterocycles. The zero-order valence-electron chi connectivity index (χ0n) is 17.6. The van der Waals surface area contributed by atoms with E-state index in [9.17, 15) is 9.59 Å². The Labute approximate surface area is 219 Å². The molecule has 3 rings (SSSR count). The average Bonchev–Trinajstić information content (AvgIpc) is 3.16. The molecule has 0 aliphatic carbocycles. The molecule has 0 aliphatic rings. The van der Waals surface area contributed by atoms with Crippen LogP contribution in [0.2, 0.25) is 15.1 Å². The average molecular weight is 557 g/mol. The van der Waals surface area contributed by atoms with E-state index in [0.717, 1.165) is 5.56 Å². The van der Waals surface area contributed by atoms with Crippen LogP contribution in [0.15, 0.2) is 46.9 Å². The van der Waals surface area contributed by atoms with Crippen molar-refractivity contribution in [3.63, 3.8) is 0 Å². The van der Waals surface area contributed by atoms with Gasteiger partial charge in [0.2, 0.25) is 0 Å². The number of rotatable bonds is 6. The van der Waals surface area contributed by atoms with E-state index in [0.29, 0.717) is 37.6 Å². The third-order valence-corrected chi connectivity index (χ3v) is 6.60. The SMILES string of the molecule is CC(=O)Oc1c(/C(C)=N/NC(=S)Nc2ccc(C(=O)O)c(Cl)c2)csc1-c1ccc(Cl)c(Cl)c1. The Hall–Kier alpha value is -2.69. The minimum atomic E-state index is -1.13. The maximum absolute atomic E-state index is 11.8. The number of hydrazone groups is 1. The lowest BCUT2D eigenvalue weighted by atomic mass is 10.1. The monoisotopic (exact) mass is 555 g/mol. The van der Waals surface area contributed by atoms with E-state index >= 15 is 0 Å². The first-order valence-corrected chi connectivity index (χ1v) is 11.9. The summed E-state index contributed by atoms with van der Waals surface area (Å²) in [4.78, 5) is 23.5. The second-order valence-corrected chi connectivity index (χ2v) is 9.30. The first kappa shape index (κ1) is 25.9. The van der Waals surface area contributed by atoms with Gasteiger partial charge < -0.3 is 15.2 Å². The highest BCUT2D eigenvalue weighted by molar-refractivity contribution is 7.80. The van der Waals surface area contributed by atoms with Crippen molar-refractivity contribution < 1.29 is 19.4 Å². The Kier molecular flexibility index (Phi) is 8.51. The minimum absolute atomic E-state index is 0.0202. The number of thiophene rings is 1. The van der Waals surface area contributed by atoms with Gasteiger partial charge in [0, 0.05) is 18.0 Å². The zero-order chi connectivity index (χ0) is 25.0. The summed E-state index contributed by atoms with van der Waals surface area (Å²) in [7, 11) is 0. The number of carbonyl (C=O) groups is 2. The molecule has 0 saturated carbocycles. The number of thiocarbonyl (C=S) groups is 1. The van der Waals surface area contributed by atoms with E-state index in [1.54, 1.807) is 30.5 Å². The van der Waals surface area contributed by atoms with Crippen LogP contribution in [0.4, 0.5) is 5.69 Å². The third-order valence-electron chi connectivity index (χ3n) is 4.35. The standard InChI is InChI=1S/C22H16Cl3N3O4S2/c1-10(27-28-22(33)26-13-4-5-14(21(30)31)17(24)8-13)15-9-34-20(19(15)32-11(2)29)12-3-6-16(23)18(25)7-12/h3-9H,1-2H3,(H,30,31)(H2,26,28,33)/b27-10+. The van der Waals surface area contributed by atoms with Crippen molar-refractivity contribution in [1.29, 1.82) is 0 Å². The first-order valence-electron chi connectivity index (χ1n) is 9.46. The van der Waals surface area contributed by atoms with Crippen LogP contribution in [0.3, 0.4) is 0 Å². The van der Waals surface area contributed by atoms with Crippen LogP contribution in [0, 0.1) is 0 Å². The van der Waals surface area contributed by atoms with Gasteiger partial charge in [-0.3, -0.25) is 10.2 Å². The van der Waals surface area contributed by atoms with E-state index in [1.165, 1.54) is 36.5 Å². The van der Waals surface area contributed by atoms with Crippen LogP contribution in [0.5, 0.6) is 5.75 Å². The first-order chi connectivity index (χ1) is 16.1. The highest BCUT2D eigenvalue weighted by Gasteiger charge is 2.20. The molecule has 1 heterocycles. The largest absolute Gasteiger partial charge is 0.478 e. The van der Waals surface area contributed by atoms with Gasteiger partial charge in [-0.05, 0) is 55.0 Å². The summed E-state index contributed by atoms with van der Waals surface area (Å²) in [5.74, 6) is -1.27. The molecule has 0 saturated heterocycles. The van der Waals surface area contributed by atoms with Gasteiger partial charge in [0.15, 0.2) is 10.9 Å². The maximum Gasteiger partial charge on any atom is 0.337 e. The van der Waals surface area contributed by atoms with E-state index < -0.39 is 11.9 Å². The van der Waals surface area contributed by atoms with E-state index in [1.807, 2.05) is 0 Å². The predicted octanol–water partition coefficient (Wildman–Crippen LogP) is 6.71. The Morgan fingerprint density at radius 1 is 1.03 bits per heavy atom. The van der Waals surface area contributed by atoms with Crippen molar-refractivity contribution in [2.75, 3.05) is 5.32 Å². The number of hydrogen-bond acceptors (Lipinski definition) is 6. The Balaban J connectivity index is 1.81. The van der Waals surface area contributed by atoms with Gasteiger partial charge in [-0.2, -0.15) is 5.10 Å². The van der Waals surface area contributed by atoms with Gasteiger partial charge in [0.1, 0.15) is 0 Å². The van der Waals surface area contributed by atoms with Gasteiger partial charge >= 0.3 is 11.9 Å². The molecule has 2 aromatic carbocycles. The van der Waals surface area contributed by atoms with Crippen molar-refractivity contribution in [1.82, 2.24) is 5.43 Å². The number of hydrogen-bond donors (Lipinski definition) is 3. The second-order valence-electron chi connectivity index (χ2n) is 6.79. The van der Waals surface area contributed by atoms with E-state index in [2.05, 4.69) is 15.8 Å². The summed E-state index contributed by atoms with van der Waals surface area (Å²) in [6.07, 6.45) is 0. The van der Waals surface area contributed by atoms with Crippen molar-refractivity contribution in [2.45, 2.75) is 13.8 Å². The van der Waals surface area contributed by atoms with Crippen molar-refractivity contribution in [2.24, 2.45) is 5.10 Å². The molecule has 176 valence electrons. The van der Waals surface area contributed by atoms with Crippen LogP contribution in [0.25, 0.3) is 10.4 Å². The summed E-state index contributed by atoms with van der Waals surface area (Å²) in [6.45, 7) is 3.03. The molecule has 3 aromatic rings. The fourth-order valence-corrected chi connectivity index (χ4v) is 4.56. The molecule has 34 heavy (non-hydrogen) atoms. The lowest BCUT2D eigenvalue weighted by Gasteiger charge is -2.10. The summed E-state index contributed by atoms with van der Waals surface area (Å²) in [5.41, 5.74) is 5.00. The number of benzene rings is 2. The molecule has 0 bridgehead atoms. The number of nitrogens with one attached hydrogen (secondary N) is 2. The lowest BCUT2D eigenvalue weighted by molar-refractivity contribution is -0.131. The Morgan fingerprint density at radius 2 is 1.76 bits per heavy atom. The molecule has 0 fully saturated rings. The Morgan fingerprint density at radius 3 is 2.38 bits per heavy atom. The van der Waals surface area contributed by atoms with Crippen LogP contribution >= 0.6 is 58.4 Å². The smallest absolute Gasteiger partial charge is 0.337 e. The number of carbonyl (C=O) groups excluding carboxylic acids is 1. The fourth-order valence-electron chi connectivity index (χ4n) is 2.80. The highest BCUT2D eigenvalue weighted by atomic mass is 35.5. The van der Waals surface area contributed by atoms with Gasteiger partial charge in [-0.15, -0.1) is 11.3 Å². The number of anilines is 1. The van der Waals surface area contributed by atoms with Crippen molar-refractivity contribution in [3.8, 4) is 16.2 Å². The van der Waals surface area contributed by atoms with Crippen molar-refractivity contribution >= 4 is 86.8 Å². The molecule has 0 atom stereocenters. The molecule has 0 radical (unpaired) electrons. The van der Waals surface area contributed by atoms with E-state index in [4.69, 9.17) is 56.9 Å². The number of aromatic carboxylic acids is 1. The number of carboxylic acid groups (broad SMARTS) is 1.